The van der Waals surface area contributed by atoms with Crippen LogP contribution in [0.1, 0.15) is 50.7 Å². The topological polar surface area (TPSA) is 59.2 Å². The molecule has 1 aliphatic rings. The van der Waals surface area contributed by atoms with E-state index in [9.17, 15) is 4.79 Å². The van der Waals surface area contributed by atoms with Gasteiger partial charge in [0.2, 0.25) is 0 Å². The van der Waals surface area contributed by atoms with Crippen LogP contribution < -0.4 is 0 Å². The lowest BCUT2D eigenvalue weighted by molar-refractivity contribution is 0.0711. The van der Waals surface area contributed by atoms with Gasteiger partial charge in [-0.2, -0.15) is 0 Å². The number of piperidine rings is 1. The summed E-state index contributed by atoms with van der Waals surface area (Å²) in [6, 6.07) is 1.83. The number of furan rings is 1. The zero-order chi connectivity index (χ0) is 15.0. The van der Waals surface area contributed by atoms with Gasteiger partial charge in [-0.25, -0.2) is 0 Å². The Morgan fingerprint density at radius 1 is 1.29 bits per heavy atom. The summed E-state index contributed by atoms with van der Waals surface area (Å²) in [4.78, 5) is 14.4. The number of hydrogen-bond acceptors (Lipinski definition) is 5. The van der Waals surface area contributed by atoms with E-state index in [1.54, 1.807) is 11.3 Å². The fourth-order valence-electron chi connectivity index (χ4n) is 2.82. The smallest absolute Gasteiger partial charge is 0.257 e. The summed E-state index contributed by atoms with van der Waals surface area (Å²) in [5.74, 6) is 2.01. The fraction of sp³-hybridized carbons (Fsp3) is 0.533. The highest BCUT2D eigenvalue weighted by atomic mass is 32.1. The van der Waals surface area contributed by atoms with Gasteiger partial charge in [0.1, 0.15) is 21.5 Å². The number of aryl methyl sites for hydroxylation is 3. The zero-order valence-electron chi connectivity index (χ0n) is 12.5. The van der Waals surface area contributed by atoms with Gasteiger partial charge in [-0.1, -0.05) is 0 Å². The molecule has 1 aliphatic heterocycles. The Kier molecular flexibility index (Phi) is 3.80. The maximum atomic E-state index is 12.5. The fourth-order valence-corrected chi connectivity index (χ4v) is 3.69. The number of rotatable bonds is 2. The SMILES string of the molecule is Cc1cc(C(=O)N2CCC(c3nnc(C)s3)CC2)c(C)o1. The number of carbonyl (C=O) groups excluding carboxylic acids is 1. The minimum absolute atomic E-state index is 0.0799. The third kappa shape index (κ3) is 2.85. The summed E-state index contributed by atoms with van der Waals surface area (Å²) in [7, 11) is 0. The van der Waals surface area contributed by atoms with E-state index in [4.69, 9.17) is 4.42 Å². The molecule has 0 N–H and O–H groups in total. The Bertz CT molecular complexity index is 654. The van der Waals surface area contributed by atoms with Crippen LogP contribution in [0.5, 0.6) is 0 Å². The molecule has 3 rings (SSSR count). The molecule has 0 spiro atoms. The van der Waals surface area contributed by atoms with Gasteiger partial charge in [0.05, 0.1) is 5.56 Å². The van der Waals surface area contributed by atoms with Crippen molar-refractivity contribution in [3.63, 3.8) is 0 Å². The first-order chi connectivity index (χ1) is 10.0. The summed E-state index contributed by atoms with van der Waals surface area (Å²) in [5, 5.41) is 10.4. The lowest BCUT2D eigenvalue weighted by Gasteiger charge is -2.30. The van der Waals surface area contributed by atoms with Gasteiger partial charge in [-0.05, 0) is 39.7 Å². The summed E-state index contributed by atoms with van der Waals surface area (Å²) in [6.07, 6.45) is 1.91. The van der Waals surface area contributed by atoms with E-state index in [1.807, 2.05) is 31.7 Å². The maximum Gasteiger partial charge on any atom is 0.257 e. The molecule has 0 radical (unpaired) electrons. The predicted octanol–water partition coefficient (Wildman–Crippen LogP) is 3.08. The van der Waals surface area contributed by atoms with Crippen molar-refractivity contribution in [1.82, 2.24) is 15.1 Å². The molecule has 21 heavy (non-hydrogen) atoms. The first-order valence-corrected chi connectivity index (χ1v) is 8.02. The monoisotopic (exact) mass is 305 g/mol. The first kappa shape index (κ1) is 14.3. The summed E-state index contributed by atoms with van der Waals surface area (Å²) in [6.45, 7) is 7.23. The maximum absolute atomic E-state index is 12.5. The number of nitrogens with zero attached hydrogens (tertiary/aromatic N) is 3. The van der Waals surface area contributed by atoms with Crippen LogP contribution in [-0.4, -0.2) is 34.1 Å². The Morgan fingerprint density at radius 3 is 2.52 bits per heavy atom. The third-order valence-corrected chi connectivity index (χ3v) is 4.95. The van der Waals surface area contributed by atoms with E-state index in [-0.39, 0.29) is 5.91 Å². The van der Waals surface area contributed by atoms with Crippen molar-refractivity contribution in [3.8, 4) is 0 Å². The van der Waals surface area contributed by atoms with Gasteiger partial charge in [0.25, 0.3) is 5.91 Å². The molecule has 6 heteroatoms. The van der Waals surface area contributed by atoms with Gasteiger partial charge in [-0.3, -0.25) is 4.79 Å². The summed E-state index contributed by atoms with van der Waals surface area (Å²) >= 11 is 1.67. The minimum atomic E-state index is 0.0799. The molecule has 0 atom stereocenters. The van der Waals surface area contributed by atoms with Crippen LogP contribution in [0.2, 0.25) is 0 Å². The Labute approximate surface area is 128 Å². The molecular formula is C15H19N3O2S. The number of amides is 1. The molecule has 1 amide bonds. The second kappa shape index (κ2) is 5.60. The number of hydrogen-bond donors (Lipinski definition) is 0. The Hall–Kier alpha value is -1.69. The van der Waals surface area contributed by atoms with Crippen LogP contribution in [-0.2, 0) is 0 Å². The second-order valence-corrected chi connectivity index (χ2v) is 6.77. The molecular weight excluding hydrogens is 286 g/mol. The van der Waals surface area contributed by atoms with Crippen molar-refractivity contribution in [2.24, 2.45) is 0 Å². The second-order valence-electron chi connectivity index (χ2n) is 5.55. The van der Waals surface area contributed by atoms with Gasteiger partial charge < -0.3 is 9.32 Å². The van der Waals surface area contributed by atoms with E-state index in [1.165, 1.54) is 0 Å². The number of carbonyl (C=O) groups is 1. The Morgan fingerprint density at radius 2 is 2.00 bits per heavy atom. The van der Waals surface area contributed by atoms with Crippen LogP contribution in [0, 0.1) is 20.8 Å². The Balaban J connectivity index is 1.65. The van der Waals surface area contributed by atoms with Crippen molar-refractivity contribution >= 4 is 17.2 Å². The summed E-state index contributed by atoms with van der Waals surface area (Å²) < 4.78 is 5.46. The highest BCUT2D eigenvalue weighted by Gasteiger charge is 2.28. The highest BCUT2D eigenvalue weighted by molar-refractivity contribution is 7.11. The molecule has 2 aromatic heterocycles. The number of likely N-dealkylation sites (tertiary alicyclic amines) is 1. The van der Waals surface area contributed by atoms with E-state index < -0.39 is 0 Å². The van der Waals surface area contributed by atoms with E-state index in [2.05, 4.69) is 10.2 Å². The predicted molar refractivity (Wildman–Crippen MR) is 80.7 cm³/mol. The van der Waals surface area contributed by atoms with Gasteiger partial charge in [0.15, 0.2) is 0 Å². The van der Waals surface area contributed by atoms with E-state index >= 15 is 0 Å². The molecule has 3 heterocycles. The van der Waals surface area contributed by atoms with Gasteiger partial charge in [-0.15, -0.1) is 21.5 Å². The van der Waals surface area contributed by atoms with E-state index in [0.717, 1.165) is 41.7 Å². The molecule has 0 saturated carbocycles. The van der Waals surface area contributed by atoms with E-state index in [0.29, 0.717) is 17.2 Å². The summed E-state index contributed by atoms with van der Waals surface area (Å²) in [5.41, 5.74) is 0.692. The molecule has 5 nitrogen and oxygen atoms in total. The van der Waals surface area contributed by atoms with Crippen molar-refractivity contribution < 1.29 is 9.21 Å². The molecule has 0 aromatic carbocycles. The number of aromatic nitrogens is 2. The standard InChI is InChI=1S/C15H19N3O2S/c1-9-8-13(10(2)20-9)15(19)18-6-4-12(5-7-18)14-17-16-11(3)21-14/h8,12H,4-7H2,1-3H3. The van der Waals surface area contributed by atoms with Crippen LogP contribution in [0.3, 0.4) is 0 Å². The highest BCUT2D eigenvalue weighted by Crippen LogP contribution is 2.30. The van der Waals surface area contributed by atoms with Crippen LogP contribution >= 0.6 is 11.3 Å². The normalized spacial score (nSPS) is 16.4. The molecule has 1 fully saturated rings. The van der Waals surface area contributed by atoms with Gasteiger partial charge >= 0.3 is 0 Å². The van der Waals surface area contributed by atoms with Crippen LogP contribution in [0.4, 0.5) is 0 Å². The first-order valence-electron chi connectivity index (χ1n) is 7.21. The third-order valence-electron chi connectivity index (χ3n) is 3.94. The van der Waals surface area contributed by atoms with Gasteiger partial charge in [0, 0.05) is 19.0 Å². The molecule has 1 saturated heterocycles. The molecule has 0 aliphatic carbocycles. The minimum Gasteiger partial charge on any atom is -0.466 e. The lowest BCUT2D eigenvalue weighted by Crippen LogP contribution is -2.38. The molecule has 0 unspecified atom stereocenters. The average Bonchev–Trinajstić information content (AvgIpc) is 3.04. The zero-order valence-corrected chi connectivity index (χ0v) is 13.4. The van der Waals surface area contributed by atoms with Crippen molar-refractivity contribution in [3.05, 3.63) is 33.2 Å². The lowest BCUT2D eigenvalue weighted by atomic mass is 9.97. The van der Waals surface area contributed by atoms with Crippen LogP contribution in [0.15, 0.2) is 10.5 Å². The molecule has 112 valence electrons. The van der Waals surface area contributed by atoms with Crippen molar-refractivity contribution in [2.45, 2.75) is 39.5 Å². The average molecular weight is 305 g/mol. The van der Waals surface area contributed by atoms with Crippen LogP contribution in [0.25, 0.3) is 0 Å². The molecule has 2 aromatic rings. The van der Waals surface area contributed by atoms with Crippen molar-refractivity contribution in [2.75, 3.05) is 13.1 Å². The molecule has 0 bridgehead atoms. The quantitative estimate of drug-likeness (QED) is 0.855. The van der Waals surface area contributed by atoms with Crippen molar-refractivity contribution in [1.29, 1.82) is 0 Å². The largest absolute Gasteiger partial charge is 0.466 e.